The summed E-state index contributed by atoms with van der Waals surface area (Å²) in [6, 6.07) is 10.7. The second-order valence-corrected chi connectivity index (χ2v) is 8.59. The van der Waals surface area contributed by atoms with Crippen LogP contribution in [0.4, 0.5) is 5.13 Å². The van der Waals surface area contributed by atoms with Crippen molar-refractivity contribution < 1.29 is 9.59 Å². The van der Waals surface area contributed by atoms with Crippen LogP contribution >= 0.6 is 46.0 Å². The summed E-state index contributed by atoms with van der Waals surface area (Å²) in [5, 5.41) is 16.1. The van der Waals surface area contributed by atoms with Crippen molar-refractivity contribution in [2.45, 2.75) is 10.9 Å². The Morgan fingerprint density at radius 1 is 1.15 bits per heavy atom. The van der Waals surface area contributed by atoms with Gasteiger partial charge in [-0.3, -0.25) is 14.9 Å². The molecule has 134 valence electrons. The molecule has 0 saturated heterocycles. The SMILES string of the molecule is O=C(CSc1nnc(NC(=O)c2ccccc2Cl)s1)NCc1cccs1. The zero-order valence-corrected chi connectivity index (χ0v) is 16.5. The lowest BCUT2D eigenvalue weighted by atomic mass is 10.2. The van der Waals surface area contributed by atoms with Crippen LogP contribution in [0.5, 0.6) is 0 Å². The number of nitrogens with zero attached hydrogens (tertiary/aromatic N) is 2. The summed E-state index contributed by atoms with van der Waals surface area (Å²) in [7, 11) is 0. The molecule has 3 aromatic rings. The largest absolute Gasteiger partial charge is 0.350 e. The number of halogens is 1. The van der Waals surface area contributed by atoms with Crippen LogP contribution in [0.3, 0.4) is 0 Å². The number of nitrogens with one attached hydrogen (secondary N) is 2. The molecule has 0 spiro atoms. The summed E-state index contributed by atoms with van der Waals surface area (Å²) in [6.07, 6.45) is 0. The summed E-state index contributed by atoms with van der Waals surface area (Å²) in [4.78, 5) is 25.1. The fraction of sp³-hybridized carbons (Fsp3) is 0.125. The van der Waals surface area contributed by atoms with Crippen molar-refractivity contribution in [2.24, 2.45) is 0 Å². The van der Waals surface area contributed by atoms with Gasteiger partial charge in [0.05, 0.1) is 22.9 Å². The number of thioether (sulfide) groups is 1. The van der Waals surface area contributed by atoms with Crippen LogP contribution in [0.25, 0.3) is 0 Å². The molecule has 26 heavy (non-hydrogen) atoms. The zero-order chi connectivity index (χ0) is 18.4. The topological polar surface area (TPSA) is 84.0 Å². The molecule has 0 unspecified atom stereocenters. The Morgan fingerprint density at radius 2 is 2.00 bits per heavy atom. The molecule has 0 radical (unpaired) electrons. The number of rotatable bonds is 7. The van der Waals surface area contributed by atoms with E-state index in [0.717, 1.165) is 4.88 Å². The Labute approximate surface area is 167 Å². The number of carbonyl (C=O) groups is 2. The highest BCUT2D eigenvalue weighted by molar-refractivity contribution is 8.01. The average Bonchev–Trinajstić information content (AvgIpc) is 3.30. The lowest BCUT2D eigenvalue weighted by molar-refractivity contribution is -0.118. The smallest absolute Gasteiger partial charge is 0.259 e. The van der Waals surface area contributed by atoms with Crippen LogP contribution in [0, 0.1) is 0 Å². The van der Waals surface area contributed by atoms with Gasteiger partial charge in [0.1, 0.15) is 0 Å². The van der Waals surface area contributed by atoms with Gasteiger partial charge in [-0.2, -0.15) is 0 Å². The molecule has 0 saturated carbocycles. The van der Waals surface area contributed by atoms with Gasteiger partial charge >= 0.3 is 0 Å². The van der Waals surface area contributed by atoms with E-state index in [4.69, 9.17) is 11.6 Å². The highest BCUT2D eigenvalue weighted by Crippen LogP contribution is 2.26. The molecule has 0 aliphatic rings. The van der Waals surface area contributed by atoms with Crippen molar-refractivity contribution >= 4 is 63.0 Å². The van der Waals surface area contributed by atoms with Crippen molar-refractivity contribution in [3.8, 4) is 0 Å². The predicted octanol–water partition coefficient (Wildman–Crippen LogP) is 3.91. The molecule has 0 aliphatic carbocycles. The van der Waals surface area contributed by atoms with Gasteiger partial charge in [0.15, 0.2) is 4.34 Å². The fourth-order valence-electron chi connectivity index (χ4n) is 1.91. The van der Waals surface area contributed by atoms with Gasteiger partial charge in [-0.15, -0.1) is 21.5 Å². The molecule has 1 aromatic carbocycles. The van der Waals surface area contributed by atoms with E-state index >= 15 is 0 Å². The van der Waals surface area contributed by atoms with E-state index < -0.39 is 0 Å². The van der Waals surface area contributed by atoms with Gasteiger partial charge in [0.2, 0.25) is 11.0 Å². The molecule has 2 heterocycles. The molecule has 10 heteroatoms. The molecule has 6 nitrogen and oxygen atoms in total. The van der Waals surface area contributed by atoms with Crippen molar-refractivity contribution in [1.82, 2.24) is 15.5 Å². The van der Waals surface area contributed by atoms with E-state index in [1.165, 1.54) is 23.1 Å². The number of aromatic nitrogens is 2. The lowest BCUT2D eigenvalue weighted by Gasteiger charge is -2.02. The van der Waals surface area contributed by atoms with E-state index in [9.17, 15) is 9.59 Å². The number of amides is 2. The normalized spacial score (nSPS) is 10.5. The van der Waals surface area contributed by atoms with Gasteiger partial charge in [-0.25, -0.2) is 0 Å². The minimum Gasteiger partial charge on any atom is -0.350 e. The Bertz CT molecular complexity index is 899. The number of benzene rings is 1. The van der Waals surface area contributed by atoms with Crippen LogP contribution in [0.15, 0.2) is 46.1 Å². The van der Waals surface area contributed by atoms with E-state index in [-0.39, 0.29) is 17.6 Å². The van der Waals surface area contributed by atoms with Crippen LogP contribution in [-0.4, -0.2) is 27.8 Å². The molecular formula is C16H13ClN4O2S3. The van der Waals surface area contributed by atoms with Crippen molar-refractivity contribution in [3.05, 3.63) is 57.2 Å². The second-order valence-electron chi connectivity index (χ2n) is 4.95. The van der Waals surface area contributed by atoms with E-state index in [0.29, 0.717) is 26.6 Å². The Hall–Kier alpha value is -1.94. The van der Waals surface area contributed by atoms with E-state index in [1.54, 1.807) is 35.6 Å². The third-order valence-corrected chi connectivity index (χ3v) is 6.29. The first kappa shape index (κ1) is 18.8. The summed E-state index contributed by atoms with van der Waals surface area (Å²) < 4.78 is 0.603. The Balaban J connectivity index is 1.48. The number of hydrogen-bond donors (Lipinski definition) is 2. The standard InChI is InChI=1S/C16H13ClN4O2S3/c17-12-6-2-1-5-11(12)14(23)19-15-20-21-16(26-15)25-9-13(22)18-8-10-4-3-7-24-10/h1-7H,8-9H2,(H,18,22)(H,19,20,23). The maximum absolute atomic E-state index is 12.2. The number of anilines is 1. The fourth-order valence-corrected chi connectivity index (χ4v) is 4.35. The molecule has 0 bridgehead atoms. The van der Waals surface area contributed by atoms with Gasteiger partial charge < -0.3 is 5.32 Å². The zero-order valence-electron chi connectivity index (χ0n) is 13.3. The summed E-state index contributed by atoms with van der Waals surface area (Å²) in [5.41, 5.74) is 0.367. The number of thiophene rings is 1. The van der Waals surface area contributed by atoms with E-state index in [2.05, 4.69) is 20.8 Å². The van der Waals surface area contributed by atoms with Crippen LogP contribution in [0.1, 0.15) is 15.2 Å². The highest BCUT2D eigenvalue weighted by atomic mass is 35.5. The summed E-state index contributed by atoms with van der Waals surface area (Å²) in [5.74, 6) is -0.199. The van der Waals surface area contributed by atoms with Gasteiger partial charge in [-0.1, -0.05) is 52.9 Å². The van der Waals surface area contributed by atoms with E-state index in [1.807, 2.05) is 17.5 Å². The third-order valence-electron chi connectivity index (χ3n) is 3.11. The minimum atomic E-state index is -0.350. The van der Waals surface area contributed by atoms with Crippen molar-refractivity contribution in [3.63, 3.8) is 0 Å². The van der Waals surface area contributed by atoms with Crippen molar-refractivity contribution in [1.29, 1.82) is 0 Å². The molecular weight excluding hydrogens is 412 g/mol. The molecule has 2 amide bonds. The molecule has 0 aliphatic heterocycles. The molecule has 0 atom stereocenters. The van der Waals surface area contributed by atoms with Gasteiger partial charge in [-0.05, 0) is 23.6 Å². The Morgan fingerprint density at radius 3 is 2.77 bits per heavy atom. The third kappa shape index (κ3) is 5.28. The highest BCUT2D eigenvalue weighted by Gasteiger charge is 2.13. The molecule has 2 N–H and O–H groups in total. The van der Waals surface area contributed by atoms with Crippen LogP contribution in [0.2, 0.25) is 5.02 Å². The second kappa shape index (κ2) is 9.13. The van der Waals surface area contributed by atoms with Crippen LogP contribution in [-0.2, 0) is 11.3 Å². The average molecular weight is 425 g/mol. The van der Waals surface area contributed by atoms with Crippen LogP contribution < -0.4 is 10.6 Å². The first-order valence-corrected chi connectivity index (χ1v) is 10.5. The first-order valence-electron chi connectivity index (χ1n) is 7.43. The maximum atomic E-state index is 12.2. The Kier molecular flexibility index (Phi) is 6.62. The minimum absolute atomic E-state index is 0.0831. The van der Waals surface area contributed by atoms with Gasteiger partial charge in [0, 0.05) is 4.88 Å². The van der Waals surface area contributed by atoms with Crippen molar-refractivity contribution in [2.75, 3.05) is 11.1 Å². The first-order chi connectivity index (χ1) is 12.6. The number of carbonyl (C=O) groups excluding carboxylic acids is 2. The number of hydrogen-bond acceptors (Lipinski definition) is 7. The molecule has 2 aromatic heterocycles. The molecule has 3 rings (SSSR count). The lowest BCUT2D eigenvalue weighted by Crippen LogP contribution is -2.24. The van der Waals surface area contributed by atoms with Gasteiger partial charge in [0.25, 0.3) is 5.91 Å². The summed E-state index contributed by atoms with van der Waals surface area (Å²) >= 11 is 10.1. The maximum Gasteiger partial charge on any atom is 0.259 e. The quantitative estimate of drug-likeness (QED) is 0.443. The monoisotopic (exact) mass is 424 g/mol. The predicted molar refractivity (Wildman–Crippen MR) is 106 cm³/mol. The summed E-state index contributed by atoms with van der Waals surface area (Å²) in [6.45, 7) is 0.520. The molecule has 0 fully saturated rings.